The predicted octanol–water partition coefficient (Wildman–Crippen LogP) is 5.75. The highest BCUT2D eigenvalue weighted by molar-refractivity contribution is 14.1. The van der Waals surface area contributed by atoms with E-state index >= 15 is 0 Å². The van der Waals surface area contributed by atoms with Crippen molar-refractivity contribution in [2.75, 3.05) is 20.3 Å². The van der Waals surface area contributed by atoms with E-state index in [-0.39, 0.29) is 12.4 Å². The maximum atomic E-state index is 13.9. The Morgan fingerprint density at radius 3 is 2.61 bits per heavy atom. The number of ether oxygens (including phenoxy) is 4. The van der Waals surface area contributed by atoms with Crippen molar-refractivity contribution < 1.29 is 28.1 Å². The molecule has 0 radical (unpaired) electrons. The van der Waals surface area contributed by atoms with Crippen molar-refractivity contribution in [3.63, 3.8) is 0 Å². The average molecular weight is 604 g/mol. The highest BCUT2D eigenvalue weighted by atomic mass is 127. The second kappa shape index (κ2) is 13.5. The molecule has 1 amide bonds. The van der Waals surface area contributed by atoms with Crippen molar-refractivity contribution in [2.45, 2.75) is 13.5 Å². The first kappa shape index (κ1) is 27.0. The fraction of sp³-hybridized carbons (Fsp3) is 0.185. The smallest absolute Gasteiger partial charge is 0.271 e. The second-order valence-corrected chi connectivity index (χ2v) is 8.47. The summed E-state index contributed by atoms with van der Waals surface area (Å²) in [6.45, 7) is 6.28. The van der Waals surface area contributed by atoms with E-state index in [1.54, 1.807) is 48.5 Å². The summed E-state index contributed by atoms with van der Waals surface area (Å²) < 4.78 is 37.1. The van der Waals surface area contributed by atoms with Crippen molar-refractivity contribution in [1.82, 2.24) is 5.43 Å². The summed E-state index contributed by atoms with van der Waals surface area (Å²) in [5.74, 6) is 1.19. The van der Waals surface area contributed by atoms with Gasteiger partial charge in [0.25, 0.3) is 5.91 Å². The minimum absolute atomic E-state index is 0.0592. The van der Waals surface area contributed by atoms with E-state index in [2.05, 4.69) is 39.7 Å². The molecule has 3 aromatic rings. The Kier molecular flexibility index (Phi) is 10.1. The zero-order valence-corrected chi connectivity index (χ0v) is 22.1. The molecule has 188 valence electrons. The van der Waals surface area contributed by atoms with E-state index in [0.717, 1.165) is 3.57 Å². The van der Waals surface area contributed by atoms with Crippen LogP contribution in [0.1, 0.15) is 28.4 Å². The van der Waals surface area contributed by atoms with Gasteiger partial charge < -0.3 is 18.9 Å². The van der Waals surface area contributed by atoms with Gasteiger partial charge in [0.15, 0.2) is 23.0 Å². The van der Waals surface area contributed by atoms with Crippen molar-refractivity contribution >= 4 is 34.7 Å². The lowest BCUT2D eigenvalue weighted by Crippen LogP contribution is -2.17. The van der Waals surface area contributed by atoms with E-state index in [9.17, 15) is 9.18 Å². The molecule has 0 aliphatic heterocycles. The summed E-state index contributed by atoms with van der Waals surface area (Å²) in [4.78, 5) is 12.6. The maximum Gasteiger partial charge on any atom is 0.271 e. The van der Waals surface area contributed by atoms with Crippen LogP contribution in [-0.4, -0.2) is 32.4 Å². The molecular formula is C27H26FIN2O5. The number of rotatable bonds is 12. The van der Waals surface area contributed by atoms with Gasteiger partial charge in [0, 0.05) is 11.1 Å². The fourth-order valence-corrected chi connectivity index (χ4v) is 3.92. The predicted molar refractivity (Wildman–Crippen MR) is 145 cm³/mol. The standard InChI is InChI=1S/C27H26FIN2O5/c1-4-12-35-23-11-10-19(15-24(23)34-5-2)27(32)31-30-16-18-13-22(29)26(25(14-18)33-3)36-17-20-8-6-7-9-21(20)28/h4,6-11,13-16H,1,5,12,17H2,2-3H3,(H,31,32)/b30-16+. The zero-order chi connectivity index (χ0) is 25.9. The van der Waals surface area contributed by atoms with Crippen LogP contribution in [0, 0.1) is 9.39 Å². The van der Waals surface area contributed by atoms with Gasteiger partial charge in [-0.3, -0.25) is 4.79 Å². The van der Waals surface area contributed by atoms with Gasteiger partial charge in [0.1, 0.15) is 19.0 Å². The summed E-state index contributed by atoms with van der Waals surface area (Å²) in [5, 5.41) is 4.06. The monoisotopic (exact) mass is 604 g/mol. The largest absolute Gasteiger partial charge is 0.493 e. The van der Waals surface area contributed by atoms with Crippen LogP contribution in [0.2, 0.25) is 0 Å². The average Bonchev–Trinajstić information content (AvgIpc) is 2.88. The first-order chi connectivity index (χ1) is 17.5. The lowest BCUT2D eigenvalue weighted by Gasteiger charge is -2.14. The van der Waals surface area contributed by atoms with Crippen LogP contribution in [0.4, 0.5) is 4.39 Å². The molecule has 0 unspecified atom stereocenters. The number of nitrogens with one attached hydrogen (secondary N) is 1. The highest BCUT2D eigenvalue weighted by Gasteiger charge is 2.14. The minimum atomic E-state index is -0.408. The lowest BCUT2D eigenvalue weighted by molar-refractivity contribution is 0.0954. The fourth-order valence-electron chi connectivity index (χ4n) is 3.14. The van der Waals surface area contributed by atoms with E-state index in [1.165, 1.54) is 19.4 Å². The zero-order valence-electron chi connectivity index (χ0n) is 19.9. The quantitative estimate of drug-likeness (QED) is 0.123. The Bertz CT molecular complexity index is 1250. The molecule has 36 heavy (non-hydrogen) atoms. The third-order valence-electron chi connectivity index (χ3n) is 4.82. The SMILES string of the molecule is C=CCOc1ccc(C(=O)N/N=C/c2cc(I)c(OCc3ccccc3F)c(OC)c2)cc1OCC. The molecule has 0 atom stereocenters. The molecule has 0 aromatic heterocycles. The van der Waals surface area contributed by atoms with Crippen molar-refractivity contribution in [2.24, 2.45) is 5.10 Å². The molecule has 9 heteroatoms. The molecule has 0 aliphatic carbocycles. The summed E-state index contributed by atoms with van der Waals surface area (Å²) >= 11 is 2.10. The minimum Gasteiger partial charge on any atom is -0.493 e. The van der Waals surface area contributed by atoms with Gasteiger partial charge >= 0.3 is 0 Å². The van der Waals surface area contributed by atoms with E-state index in [0.29, 0.717) is 52.9 Å². The maximum absolute atomic E-state index is 13.9. The van der Waals surface area contributed by atoms with Crippen LogP contribution < -0.4 is 24.4 Å². The molecule has 0 fully saturated rings. The molecule has 0 heterocycles. The molecule has 0 bridgehead atoms. The topological polar surface area (TPSA) is 78.4 Å². The van der Waals surface area contributed by atoms with Crippen LogP contribution >= 0.6 is 22.6 Å². The van der Waals surface area contributed by atoms with Gasteiger partial charge in [0.05, 0.1) is 23.5 Å². The van der Waals surface area contributed by atoms with Crippen molar-refractivity contribution in [3.8, 4) is 23.0 Å². The molecule has 0 spiro atoms. The van der Waals surface area contributed by atoms with Gasteiger partial charge in [-0.05, 0) is 71.5 Å². The highest BCUT2D eigenvalue weighted by Crippen LogP contribution is 2.34. The van der Waals surface area contributed by atoms with Gasteiger partial charge in [-0.1, -0.05) is 30.9 Å². The number of carbonyl (C=O) groups is 1. The Balaban J connectivity index is 1.69. The molecule has 3 aromatic carbocycles. The van der Waals surface area contributed by atoms with Crippen LogP contribution in [0.3, 0.4) is 0 Å². The molecule has 3 rings (SSSR count). The second-order valence-electron chi connectivity index (χ2n) is 7.31. The summed E-state index contributed by atoms with van der Waals surface area (Å²) in [5.41, 5.74) is 3.99. The van der Waals surface area contributed by atoms with Crippen molar-refractivity contribution in [1.29, 1.82) is 0 Å². The number of hydrogen-bond donors (Lipinski definition) is 1. The first-order valence-corrected chi connectivity index (χ1v) is 12.1. The number of carbonyl (C=O) groups excluding carboxylic acids is 1. The van der Waals surface area contributed by atoms with Crippen molar-refractivity contribution in [3.05, 3.63) is 93.3 Å². The van der Waals surface area contributed by atoms with Crippen LogP contribution in [0.15, 0.2) is 72.4 Å². The van der Waals surface area contributed by atoms with Gasteiger partial charge in [0.2, 0.25) is 0 Å². The lowest BCUT2D eigenvalue weighted by atomic mass is 10.2. The molecule has 1 N–H and O–H groups in total. The van der Waals surface area contributed by atoms with Gasteiger partial charge in [-0.15, -0.1) is 0 Å². The summed E-state index contributed by atoms with van der Waals surface area (Å²) in [6.07, 6.45) is 3.12. The van der Waals surface area contributed by atoms with Gasteiger partial charge in [-0.25, -0.2) is 9.82 Å². The van der Waals surface area contributed by atoms with Crippen LogP contribution in [0.25, 0.3) is 0 Å². The number of hydrogen-bond acceptors (Lipinski definition) is 6. The number of nitrogens with zero attached hydrogens (tertiary/aromatic N) is 1. The molecule has 0 saturated carbocycles. The van der Waals surface area contributed by atoms with Crippen LogP contribution in [-0.2, 0) is 6.61 Å². The number of hydrazone groups is 1. The Morgan fingerprint density at radius 2 is 1.89 bits per heavy atom. The number of methoxy groups -OCH3 is 1. The number of benzene rings is 3. The molecule has 0 aliphatic rings. The number of amides is 1. The normalized spacial score (nSPS) is 10.7. The van der Waals surface area contributed by atoms with Crippen LogP contribution in [0.5, 0.6) is 23.0 Å². The summed E-state index contributed by atoms with van der Waals surface area (Å²) in [7, 11) is 1.52. The number of halogens is 2. The summed E-state index contributed by atoms with van der Waals surface area (Å²) in [6, 6.07) is 14.8. The Hall–Kier alpha value is -3.60. The van der Waals surface area contributed by atoms with E-state index in [4.69, 9.17) is 18.9 Å². The molecule has 7 nitrogen and oxygen atoms in total. The van der Waals surface area contributed by atoms with Gasteiger partial charge in [-0.2, -0.15) is 5.10 Å². The van der Waals surface area contributed by atoms with E-state index in [1.807, 2.05) is 13.0 Å². The van der Waals surface area contributed by atoms with E-state index < -0.39 is 5.91 Å². The Labute approximate surface area is 223 Å². The first-order valence-electron chi connectivity index (χ1n) is 11.0. The molecule has 0 saturated heterocycles. The third-order valence-corrected chi connectivity index (χ3v) is 5.63. The molecular weight excluding hydrogens is 578 g/mol. The third kappa shape index (κ3) is 7.20. The Morgan fingerprint density at radius 1 is 1.08 bits per heavy atom.